The Morgan fingerprint density at radius 1 is 0.453 bits per heavy atom. The smallest absolute Gasteiger partial charge is 0.0601 e. The van der Waals surface area contributed by atoms with Crippen LogP contribution in [0.3, 0.4) is 0 Å². The number of aryl methyl sites for hydroxylation is 1. The number of fused-ring (bicyclic) bond motifs is 3. The number of piperidine rings is 4. The summed E-state index contributed by atoms with van der Waals surface area (Å²) in [6.45, 7) is 10.7. The van der Waals surface area contributed by atoms with Gasteiger partial charge in [0.25, 0.3) is 0 Å². The molecule has 2 atom stereocenters. The van der Waals surface area contributed by atoms with E-state index in [1.807, 2.05) is 0 Å². The molecule has 4 saturated heterocycles. The number of likely N-dealkylation sites (tertiary alicyclic amines) is 1. The summed E-state index contributed by atoms with van der Waals surface area (Å²) in [6, 6.07) is 55.5. The lowest BCUT2D eigenvalue weighted by molar-refractivity contribution is 0.0336. The van der Waals surface area contributed by atoms with E-state index in [0.29, 0.717) is 0 Å². The topological polar surface area (TPSA) is 6.48 Å². The fourth-order valence-electron chi connectivity index (χ4n) is 9.65. The van der Waals surface area contributed by atoms with Crippen molar-refractivity contribution in [3.63, 3.8) is 0 Å². The number of hydrogen-bond acceptors (Lipinski definition) is 2. The Morgan fingerprint density at radius 3 is 1.19 bits per heavy atom. The van der Waals surface area contributed by atoms with E-state index in [2.05, 4.69) is 169 Å². The van der Waals surface area contributed by atoms with E-state index < -0.39 is 0 Å². The molecule has 0 saturated carbocycles. The summed E-state index contributed by atoms with van der Waals surface area (Å²) >= 11 is 0. The molecule has 2 bridgehead atoms. The van der Waals surface area contributed by atoms with Gasteiger partial charge in [0.15, 0.2) is 0 Å². The van der Waals surface area contributed by atoms with Gasteiger partial charge in [-0.1, -0.05) is 165 Å². The summed E-state index contributed by atoms with van der Waals surface area (Å²) < 4.78 is 0. The molecule has 2 nitrogen and oxygen atoms in total. The van der Waals surface area contributed by atoms with Crippen LogP contribution in [-0.4, -0.2) is 42.5 Å². The fraction of sp³-hybridized carbons (Fsp3) is 0.294. The SMILES string of the molecule is Cc1ccc(-c2ccc(-c3ccc(C(c4ccc(-c5ccc(-c6ccc(C7(C)CN8CCC7CC8)cc6)cc5)cc4)N4CCCCC4)cc3)cc2)cc1. The Hall–Kier alpha value is -4.76. The molecule has 53 heavy (non-hydrogen) atoms. The van der Waals surface area contributed by atoms with Crippen LogP contribution in [-0.2, 0) is 5.41 Å². The normalized spacial score (nSPS) is 22.1. The van der Waals surface area contributed by atoms with Gasteiger partial charge in [-0.15, -0.1) is 0 Å². The van der Waals surface area contributed by atoms with Gasteiger partial charge in [-0.25, -0.2) is 0 Å². The van der Waals surface area contributed by atoms with Gasteiger partial charge in [-0.05, 0) is 126 Å². The Morgan fingerprint density at radius 2 is 0.811 bits per heavy atom. The first-order valence-corrected chi connectivity index (χ1v) is 20.1. The lowest BCUT2D eigenvalue weighted by atomic mass is 9.64. The molecule has 4 heterocycles. The lowest BCUT2D eigenvalue weighted by Gasteiger charge is -2.52. The molecule has 6 aromatic rings. The minimum Gasteiger partial charge on any atom is -0.302 e. The first-order valence-electron chi connectivity index (χ1n) is 20.1. The van der Waals surface area contributed by atoms with E-state index in [0.717, 1.165) is 19.0 Å². The molecule has 0 N–H and O–H groups in total. The summed E-state index contributed by atoms with van der Waals surface area (Å²) in [7, 11) is 0. The zero-order chi connectivity index (χ0) is 35.8. The highest BCUT2D eigenvalue weighted by atomic mass is 15.2. The predicted octanol–water partition coefficient (Wildman–Crippen LogP) is 12.2. The molecule has 0 spiro atoms. The summed E-state index contributed by atoms with van der Waals surface area (Å²) in [5.41, 5.74) is 16.0. The zero-order valence-electron chi connectivity index (χ0n) is 31.5. The van der Waals surface area contributed by atoms with Crippen LogP contribution in [0, 0.1) is 12.8 Å². The van der Waals surface area contributed by atoms with Crippen LogP contribution in [0.15, 0.2) is 146 Å². The van der Waals surface area contributed by atoms with E-state index in [-0.39, 0.29) is 11.5 Å². The van der Waals surface area contributed by atoms with Crippen LogP contribution >= 0.6 is 0 Å². The lowest BCUT2D eigenvalue weighted by Crippen LogP contribution is -2.55. The standard InChI is InChI=1S/C51H52N2/c1-37-6-8-38(9-7-37)39-10-12-40(13-11-39)43-18-22-46(23-19-43)50(53-32-4-3-5-33-53)47-24-20-44(21-25-47)41-14-16-42(17-15-41)45-26-28-48(29-27-45)51(2)36-52-34-30-49(51)31-35-52/h6-29,49-50H,3-5,30-36H2,1-2H3. The third kappa shape index (κ3) is 6.92. The number of nitrogens with zero attached hydrogens (tertiary/aromatic N) is 2. The quantitative estimate of drug-likeness (QED) is 0.157. The Kier molecular flexibility index (Phi) is 9.36. The van der Waals surface area contributed by atoms with Crippen molar-refractivity contribution >= 4 is 0 Å². The zero-order valence-corrected chi connectivity index (χ0v) is 31.5. The predicted molar refractivity (Wildman–Crippen MR) is 223 cm³/mol. The van der Waals surface area contributed by atoms with Gasteiger partial charge in [-0.3, -0.25) is 4.90 Å². The molecule has 266 valence electrons. The van der Waals surface area contributed by atoms with Gasteiger partial charge in [0.1, 0.15) is 0 Å². The van der Waals surface area contributed by atoms with Crippen molar-refractivity contribution in [1.29, 1.82) is 0 Å². The molecule has 10 rings (SSSR count). The molecule has 4 aliphatic rings. The first kappa shape index (κ1) is 34.0. The second kappa shape index (κ2) is 14.6. The molecule has 0 radical (unpaired) electrons. The van der Waals surface area contributed by atoms with Gasteiger partial charge < -0.3 is 4.90 Å². The van der Waals surface area contributed by atoms with E-state index in [4.69, 9.17) is 0 Å². The van der Waals surface area contributed by atoms with E-state index in [1.54, 1.807) is 0 Å². The van der Waals surface area contributed by atoms with E-state index >= 15 is 0 Å². The molecule has 0 aliphatic carbocycles. The van der Waals surface area contributed by atoms with Gasteiger partial charge in [0.05, 0.1) is 6.04 Å². The van der Waals surface area contributed by atoms with Crippen LogP contribution in [0.4, 0.5) is 0 Å². The summed E-state index contributed by atoms with van der Waals surface area (Å²) in [5.74, 6) is 0.818. The van der Waals surface area contributed by atoms with Gasteiger partial charge >= 0.3 is 0 Å². The van der Waals surface area contributed by atoms with E-state index in [9.17, 15) is 0 Å². The molecule has 4 fully saturated rings. The van der Waals surface area contributed by atoms with Gasteiger partial charge in [-0.2, -0.15) is 0 Å². The monoisotopic (exact) mass is 692 g/mol. The minimum absolute atomic E-state index is 0.260. The second-order valence-electron chi connectivity index (χ2n) is 16.3. The van der Waals surface area contributed by atoms with Crippen LogP contribution in [0.1, 0.15) is 67.3 Å². The van der Waals surface area contributed by atoms with Crippen molar-refractivity contribution in [2.24, 2.45) is 5.92 Å². The largest absolute Gasteiger partial charge is 0.302 e. The first-order chi connectivity index (χ1) is 26.0. The van der Waals surface area contributed by atoms with E-state index in [1.165, 1.54) is 118 Å². The highest BCUT2D eigenvalue weighted by Gasteiger charge is 2.44. The molecule has 0 aromatic heterocycles. The number of rotatable bonds is 8. The van der Waals surface area contributed by atoms with Crippen molar-refractivity contribution < 1.29 is 0 Å². The molecule has 2 heteroatoms. The Labute approximate surface area is 317 Å². The van der Waals surface area contributed by atoms with Crippen molar-refractivity contribution in [1.82, 2.24) is 9.80 Å². The van der Waals surface area contributed by atoms with Crippen LogP contribution in [0.2, 0.25) is 0 Å². The maximum atomic E-state index is 2.70. The second-order valence-corrected chi connectivity index (χ2v) is 16.3. The summed E-state index contributed by atoms with van der Waals surface area (Å²) in [4.78, 5) is 5.36. The average molecular weight is 693 g/mol. The highest BCUT2D eigenvalue weighted by molar-refractivity contribution is 5.72. The summed E-state index contributed by atoms with van der Waals surface area (Å²) in [6.07, 6.45) is 6.57. The fourth-order valence-corrected chi connectivity index (χ4v) is 9.65. The minimum atomic E-state index is 0.260. The molecular weight excluding hydrogens is 641 g/mol. The number of benzene rings is 6. The maximum Gasteiger partial charge on any atom is 0.0601 e. The average Bonchev–Trinajstić information content (AvgIpc) is 3.23. The Balaban J connectivity index is 0.913. The van der Waals surface area contributed by atoms with Crippen molar-refractivity contribution in [2.45, 2.75) is 57.4 Å². The van der Waals surface area contributed by atoms with Crippen molar-refractivity contribution in [2.75, 3.05) is 32.7 Å². The van der Waals surface area contributed by atoms with Gasteiger partial charge in [0, 0.05) is 12.0 Å². The van der Waals surface area contributed by atoms with Crippen LogP contribution in [0.25, 0.3) is 44.5 Å². The molecule has 2 unspecified atom stereocenters. The molecule has 4 aliphatic heterocycles. The molecule has 0 amide bonds. The third-order valence-electron chi connectivity index (χ3n) is 12.9. The van der Waals surface area contributed by atoms with Crippen LogP contribution < -0.4 is 0 Å². The molecular formula is C51H52N2. The highest BCUT2D eigenvalue weighted by Crippen LogP contribution is 2.44. The summed E-state index contributed by atoms with van der Waals surface area (Å²) in [5, 5.41) is 0. The van der Waals surface area contributed by atoms with Crippen molar-refractivity contribution in [3.05, 3.63) is 168 Å². The maximum absolute atomic E-state index is 2.70. The van der Waals surface area contributed by atoms with Gasteiger partial charge in [0.2, 0.25) is 0 Å². The Bertz CT molecular complexity index is 2110. The van der Waals surface area contributed by atoms with Crippen LogP contribution in [0.5, 0.6) is 0 Å². The third-order valence-corrected chi connectivity index (χ3v) is 12.9. The number of hydrogen-bond donors (Lipinski definition) is 0. The molecule has 6 aromatic carbocycles. The van der Waals surface area contributed by atoms with Crippen molar-refractivity contribution in [3.8, 4) is 44.5 Å².